The summed E-state index contributed by atoms with van der Waals surface area (Å²) in [6.07, 6.45) is 1.28. The van der Waals surface area contributed by atoms with Crippen molar-refractivity contribution in [2.45, 2.75) is 13.0 Å². The molecule has 1 aromatic carbocycles. The second-order valence-electron chi connectivity index (χ2n) is 3.09. The fourth-order valence-corrected chi connectivity index (χ4v) is 1.76. The Bertz CT molecular complexity index is 317. The highest BCUT2D eigenvalue weighted by molar-refractivity contribution is 7.98. The molecule has 0 saturated carbocycles. The Hall–Kier alpha value is -0.740. The van der Waals surface area contributed by atoms with Crippen molar-refractivity contribution in [1.29, 1.82) is 0 Å². The third kappa shape index (κ3) is 3.39. The van der Waals surface area contributed by atoms with E-state index in [2.05, 4.69) is 0 Å². The summed E-state index contributed by atoms with van der Waals surface area (Å²) in [5.41, 5.74) is 0.588. The Balaban J connectivity index is 2.81. The number of aliphatic hydroxyl groups is 1. The maximum atomic E-state index is 13.4. The number of benzene rings is 1. The van der Waals surface area contributed by atoms with E-state index in [1.54, 1.807) is 19.1 Å². The van der Waals surface area contributed by atoms with E-state index in [0.29, 0.717) is 17.9 Å². The van der Waals surface area contributed by atoms with Gasteiger partial charge in [0.05, 0.1) is 12.7 Å². The fourth-order valence-electron chi connectivity index (χ4n) is 1.25. The lowest BCUT2D eigenvalue weighted by Gasteiger charge is -2.11. The minimum atomic E-state index is -0.620. The largest absolute Gasteiger partial charge is 0.491 e. The Morgan fingerprint density at radius 3 is 2.80 bits per heavy atom. The van der Waals surface area contributed by atoms with Crippen LogP contribution < -0.4 is 4.74 Å². The Labute approximate surface area is 93.5 Å². The van der Waals surface area contributed by atoms with Crippen LogP contribution in [0.5, 0.6) is 5.75 Å². The van der Waals surface area contributed by atoms with E-state index < -0.39 is 11.9 Å². The third-order valence-corrected chi connectivity index (χ3v) is 2.61. The molecule has 0 saturated heterocycles. The van der Waals surface area contributed by atoms with Crippen LogP contribution in [-0.2, 0) is 0 Å². The molecule has 1 atom stereocenters. The highest BCUT2D eigenvalue weighted by atomic mass is 32.2. The summed E-state index contributed by atoms with van der Waals surface area (Å²) >= 11 is 1.52. The van der Waals surface area contributed by atoms with Gasteiger partial charge in [-0.3, -0.25) is 0 Å². The fraction of sp³-hybridized carbons (Fsp3) is 0.455. The first kappa shape index (κ1) is 12.3. The number of thioether (sulfide) groups is 1. The van der Waals surface area contributed by atoms with Crippen molar-refractivity contribution in [3.05, 3.63) is 29.6 Å². The smallest absolute Gasteiger partial charge is 0.165 e. The quantitative estimate of drug-likeness (QED) is 0.843. The van der Waals surface area contributed by atoms with Crippen LogP contribution in [0.1, 0.15) is 18.6 Å². The molecule has 2 nitrogen and oxygen atoms in total. The number of halogens is 1. The number of hydrogen-bond donors (Lipinski definition) is 1. The van der Waals surface area contributed by atoms with E-state index in [0.717, 1.165) is 0 Å². The SMILES string of the molecule is CCOc1ccc(C(O)CSC)cc1F. The maximum Gasteiger partial charge on any atom is 0.165 e. The van der Waals surface area contributed by atoms with Gasteiger partial charge in [-0.25, -0.2) is 4.39 Å². The van der Waals surface area contributed by atoms with Crippen LogP contribution in [0.4, 0.5) is 4.39 Å². The molecular formula is C11H15FO2S. The summed E-state index contributed by atoms with van der Waals surface area (Å²) in [4.78, 5) is 0. The molecule has 1 aromatic rings. The zero-order valence-corrected chi connectivity index (χ0v) is 9.68. The first-order chi connectivity index (χ1) is 7.19. The van der Waals surface area contributed by atoms with Crippen molar-refractivity contribution in [1.82, 2.24) is 0 Å². The molecule has 84 valence electrons. The van der Waals surface area contributed by atoms with Crippen molar-refractivity contribution in [3.8, 4) is 5.75 Å². The minimum Gasteiger partial charge on any atom is -0.491 e. The average Bonchev–Trinajstić information content (AvgIpc) is 2.21. The standard InChI is InChI=1S/C11H15FO2S/c1-3-14-11-5-4-8(6-9(11)12)10(13)7-15-2/h4-6,10,13H,3,7H2,1-2H3. The molecule has 0 bridgehead atoms. The van der Waals surface area contributed by atoms with E-state index in [1.807, 2.05) is 6.26 Å². The van der Waals surface area contributed by atoms with Gasteiger partial charge in [0.1, 0.15) is 0 Å². The summed E-state index contributed by atoms with van der Waals surface area (Å²) in [5, 5.41) is 9.64. The van der Waals surface area contributed by atoms with Gasteiger partial charge in [-0.2, -0.15) is 11.8 Å². The van der Waals surface area contributed by atoms with Gasteiger partial charge in [-0.1, -0.05) is 6.07 Å². The number of aliphatic hydroxyl groups excluding tert-OH is 1. The van der Waals surface area contributed by atoms with Crippen LogP contribution >= 0.6 is 11.8 Å². The molecule has 0 radical (unpaired) electrons. The molecule has 0 aliphatic rings. The molecule has 0 amide bonds. The van der Waals surface area contributed by atoms with Gasteiger partial charge in [0.2, 0.25) is 0 Å². The lowest BCUT2D eigenvalue weighted by Crippen LogP contribution is -2.02. The van der Waals surface area contributed by atoms with Crippen LogP contribution in [0, 0.1) is 5.82 Å². The minimum absolute atomic E-state index is 0.234. The van der Waals surface area contributed by atoms with Crippen molar-refractivity contribution >= 4 is 11.8 Å². The zero-order valence-electron chi connectivity index (χ0n) is 8.87. The Morgan fingerprint density at radius 2 is 2.27 bits per heavy atom. The van der Waals surface area contributed by atoms with Gasteiger partial charge in [0, 0.05) is 5.75 Å². The highest BCUT2D eigenvalue weighted by Crippen LogP contribution is 2.23. The van der Waals surface area contributed by atoms with Crippen molar-refractivity contribution < 1.29 is 14.2 Å². The van der Waals surface area contributed by atoms with Gasteiger partial charge in [-0.15, -0.1) is 0 Å². The second kappa shape index (κ2) is 5.98. The number of hydrogen-bond acceptors (Lipinski definition) is 3. The van der Waals surface area contributed by atoms with E-state index in [-0.39, 0.29) is 5.75 Å². The van der Waals surface area contributed by atoms with Gasteiger partial charge in [0.15, 0.2) is 11.6 Å². The normalized spacial score (nSPS) is 12.5. The molecule has 0 spiro atoms. The zero-order chi connectivity index (χ0) is 11.3. The molecule has 0 aromatic heterocycles. The van der Waals surface area contributed by atoms with E-state index in [9.17, 15) is 9.50 Å². The van der Waals surface area contributed by atoms with E-state index >= 15 is 0 Å². The van der Waals surface area contributed by atoms with Crippen LogP contribution in [0.2, 0.25) is 0 Å². The maximum absolute atomic E-state index is 13.4. The monoisotopic (exact) mass is 230 g/mol. The molecule has 0 aliphatic heterocycles. The Morgan fingerprint density at radius 1 is 1.53 bits per heavy atom. The van der Waals surface area contributed by atoms with E-state index in [4.69, 9.17) is 4.74 Å². The van der Waals surface area contributed by atoms with Gasteiger partial charge < -0.3 is 9.84 Å². The predicted octanol–water partition coefficient (Wildman–Crippen LogP) is 2.62. The first-order valence-corrected chi connectivity index (χ1v) is 6.17. The van der Waals surface area contributed by atoms with Crippen LogP contribution in [-0.4, -0.2) is 23.7 Å². The van der Waals surface area contributed by atoms with Crippen molar-refractivity contribution in [3.63, 3.8) is 0 Å². The number of ether oxygens (including phenoxy) is 1. The molecule has 1 N–H and O–H groups in total. The number of rotatable bonds is 5. The molecule has 0 fully saturated rings. The molecule has 0 heterocycles. The van der Waals surface area contributed by atoms with Crippen molar-refractivity contribution in [2.24, 2.45) is 0 Å². The summed E-state index contributed by atoms with van der Waals surface area (Å²) < 4.78 is 18.5. The summed E-state index contributed by atoms with van der Waals surface area (Å²) in [5.74, 6) is 0.375. The summed E-state index contributed by atoms with van der Waals surface area (Å²) in [6.45, 7) is 2.24. The second-order valence-corrected chi connectivity index (χ2v) is 4.00. The lowest BCUT2D eigenvalue weighted by atomic mass is 10.1. The molecule has 4 heteroatoms. The average molecular weight is 230 g/mol. The highest BCUT2D eigenvalue weighted by Gasteiger charge is 2.10. The lowest BCUT2D eigenvalue weighted by molar-refractivity contribution is 0.203. The molecule has 15 heavy (non-hydrogen) atoms. The van der Waals surface area contributed by atoms with Crippen LogP contribution in [0.25, 0.3) is 0 Å². The third-order valence-electron chi connectivity index (χ3n) is 1.97. The first-order valence-electron chi connectivity index (χ1n) is 4.78. The van der Waals surface area contributed by atoms with Gasteiger partial charge >= 0.3 is 0 Å². The molecule has 0 aliphatic carbocycles. The molecule has 1 unspecified atom stereocenters. The van der Waals surface area contributed by atoms with E-state index in [1.165, 1.54) is 17.8 Å². The Kier molecular flexibility index (Phi) is 4.91. The van der Waals surface area contributed by atoms with Crippen LogP contribution in [0.3, 0.4) is 0 Å². The van der Waals surface area contributed by atoms with Gasteiger partial charge in [0.25, 0.3) is 0 Å². The topological polar surface area (TPSA) is 29.5 Å². The van der Waals surface area contributed by atoms with Crippen LogP contribution in [0.15, 0.2) is 18.2 Å². The molecular weight excluding hydrogens is 215 g/mol. The predicted molar refractivity (Wildman–Crippen MR) is 60.9 cm³/mol. The summed E-state index contributed by atoms with van der Waals surface area (Å²) in [6, 6.07) is 4.57. The summed E-state index contributed by atoms with van der Waals surface area (Å²) in [7, 11) is 0. The van der Waals surface area contributed by atoms with Crippen molar-refractivity contribution in [2.75, 3.05) is 18.6 Å². The molecule has 1 rings (SSSR count). The van der Waals surface area contributed by atoms with Gasteiger partial charge in [-0.05, 0) is 30.9 Å².